The second-order valence-corrected chi connectivity index (χ2v) is 5.16. The van der Waals surface area contributed by atoms with E-state index in [1.165, 1.54) is 0 Å². The van der Waals surface area contributed by atoms with Crippen molar-refractivity contribution in [3.05, 3.63) is 41.8 Å². The average Bonchev–Trinajstić information content (AvgIpc) is 2.89. The monoisotopic (exact) mass is 373 g/mol. The van der Waals surface area contributed by atoms with Gasteiger partial charge in [-0.1, -0.05) is 25.1 Å². The highest BCUT2D eigenvalue weighted by atomic mass is 35.5. The minimum Gasteiger partial charge on any atom is -0.441 e. The third-order valence-electron chi connectivity index (χ3n) is 3.29. The second-order valence-electron chi connectivity index (χ2n) is 5.16. The number of halogens is 2. The summed E-state index contributed by atoms with van der Waals surface area (Å²) in [6.45, 7) is 6.33. The number of carbonyl (C=O) groups excluding carboxylic acids is 1. The molecule has 1 heterocycles. The van der Waals surface area contributed by atoms with E-state index in [1.807, 2.05) is 37.3 Å². The van der Waals surface area contributed by atoms with Crippen molar-refractivity contribution in [3.63, 3.8) is 0 Å². The molecule has 0 atom stereocenters. The van der Waals surface area contributed by atoms with Crippen LogP contribution in [0, 0.1) is 6.92 Å². The number of oxazole rings is 1. The first kappa shape index (κ1) is 22.4. The molecule has 2 rings (SSSR count). The largest absolute Gasteiger partial charge is 0.441 e. The molecule has 5 nitrogen and oxygen atoms in total. The van der Waals surface area contributed by atoms with E-state index in [1.54, 1.807) is 0 Å². The summed E-state index contributed by atoms with van der Waals surface area (Å²) in [6.07, 6.45) is 1.34. The Bertz CT molecular complexity index is 603. The number of benzene rings is 1. The highest BCUT2D eigenvalue weighted by Crippen LogP contribution is 2.21. The lowest BCUT2D eigenvalue weighted by molar-refractivity contribution is -0.120. The molecule has 0 radical (unpaired) electrons. The molecule has 134 valence electrons. The summed E-state index contributed by atoms with van der Waals surface area (Å²) in [7, 11) is 0. The van der Waals surface area contributed by atoms with Crippen molar-refractivity contribution in [1.29, 1.82) is 0 Å². The number of aryl methyl sites for hydroxylation is 1. The van der Waals surface area contributed by atoms with Crippen molar-refractivity contribution >= 4 is 30.7 Å². The first-order chi connectivity index (χ1) is 10.7. The summed E-state index contributed by atoms with van der Waals surface area (Å²) in [5.74, 6) is 1.22. The zero-order chi connectivity index (χ0) is 15.8. The fraction of sp³-hybridized carbons (Fsp3) is 0.412. The Morgan fingerprint density at radius 1 is 1.12 bits per heavy atom. The molecule has 0 saturated carbocycles. The van der Waals surface area contributed by atoms with Gasteiger partial charge in [0.05, 0.1) is 12.1 Å². The number of aromatic nitrogens is 1. The van der Waals surface area contributed by atoms with Gasteiger partial charge < -0.3 is 15.1 Å². The van der Waals surface area contributed by atoms with Crippen LogP contribution in [0.2, 0.25) is 0 Å². The van der Waals surface area contributed by atoms with Gasteiger partial charge in [-0.3, -0.25) is 4.79 Å². The lowest BCUT2D eigenvalue weighted by Crippen LogP contribution is -2.33. The van der Waals surface area contributed by atoms with Crippen LogP contribution in [0.25, 0.3) is 11.5 Å². The predicted octanol–water partition coefficient (Wildman–Crippen LogP) is 3.15. The molecule has 0 fully saturated rings. The fourth-order valence-electron chi connectivity index (χ4n) is 2.10. The summed E-state index contributed by atoms with van der Waals surface area (Å²) < 4.78 is 5.66. The van der Waals surface area contributed by atoms with E-state index in [2.05, 4.69) is 22.5 Å². The van der Waals surface area contributed by atoms with Crippen LogP contribution in [0.3, 0.4) is 0 Å². The van der Waals surface area contributed by atoms with Crippen LogP contribution in [0.15, 0.2) is 34.7 Å². The molecule has 0 unspecified atom stereocenters. The number of amides is 1. The zero-order valence-corrected chi connectivity index (χ0v) is 15.6. The first-order valence-corrected chi connectivity index (χ1v) is 7.70. The van der Waals surface area contributed by atoms with Crippen molar-refractivity contribution in [1.82, 2.24) is 15.6 Å². The van der Waals surface area contributed by atoms with E-state index in [9.17, 15) is 4.79 Å². The maximum atomic E-state index is 11.9. The molecule has 7 heteroatoms. The van der Waals surface area contributed by atoms with Crippen LogP contribution in [0.4, 0.5) is 0 Å². The molecule has 0 aliphatic heterocycles. The van der Waals surface area contributed by atoms with E-state index < -0.39 is 0 Å². The van der Waals surface area contributed by atoms with E-state index in [0.717, 1.165) is 25.1 Å². The lowest BCUT2D eigenvalue weighted by atomic mass is 10.2. The summed E-state index contributed by atoms with van der Waals surface area (Å²) >= 11 is 0. The molecule has 2 aromatic rings. The van der Waals surface area contributed by atoms with Crippen molar-refractivity contribution in [2.24, 2.45) is 0 Å². The van der Waals surface area contributed by atoms with E-state index in [0.29, 0.717) is 23.9 Å². The van der Waals surface area contributed by atoms with Gasteiger partial charge in [0.25, 0.3) is 0 Å². The maximum absolute atomic E-state index is 11.9. The highest BCUT2D eigenvalue weighted by molar-refractivity contribution is 5.85. The standard InChI is InChI=1S/C17H23N3O2.2ClH/c1-3-9-18-10-11-19-16(21)12-15-13(2)22-17(20-15)14-7-5-4-6-8-14;;/h4-8,18H,3,9-12H2,1-2H3,(H,19,21);2*1H. The van der Waals surface area contributed by atoms with Crippen LogP contribution < -0.4 is 10.6 Å². The molecule has 24 heavy (non-hydrogen) atoms. The van der Waals surface area contributed by atoms with Gasteiger partial charge in [-0.05, 0) is 32.0 Å². The summed E-state index contributed by atoms with van der Waals surface area (Å²) in [5, 5.41) is 6.13. The van der Waals surface area contributed by atoms with Gasteiger partial charge in [0.2, 0.25) is 11.8 Å². The third kappa shape index (κ3) is 6.91. The number of nitrogens with zero attached hydrogens (tertiary/aromatic N) is 1. The molecule has 0 bridgehead atoms. The molecule has 0 saturated heterocycles. The van der Waals surface area contributed by atoms with E-state index in [4.69, 9.17) is 4.42 Å². The van der Waals surface area contributed by atoms with Gasteiger partial charge in [0.1, 0.15) is 5.76 Å². The van der Waals surface area contributed by atoms with Crippen LogP contribution >= 0.6 is 24.8 Å². The maximum Gasteiger partial charge on any atom is 0.226 e. The Balaban J connectivity index is 0.00000264. The molecular formula is C17H25Cl2N3O2. The topological polar surface area (TPSA) is 67.2 Å². The molecule has 1 aromatic carbocycles. The van der Waals surface area contributed by atoms with E-state index >= 15 is 0 Å². The van der Waals surface area contributed by atoms with Crippen LogP contribution in [0.5, 0.6) is 0 Å². The minimum absolute atomic E-state index is 0. The molecular weight excluding hydrogens is 349 g/mol. The van der Waals surface area contributed by atoms with Crippen molar-refractivity contribution in [2.75, 3.05) is 19.6 Å². The predicted molar refractivity (Wildman–Crippen MR) is 101 cm³/mol. The molecule has 1 amide bonds. The SMILES string of the molecule is CCCNCCNC(=O)Cc1nc(-c2ccccc2)oc1C.Cl.Cl. The lowest BCUT2D eigenvalue weighted by Gasteiger charge is -2.05. The minimum atomic E-state index is -0.0330. The van der Waals surface area contributed by atoms with Gasteiger partial charge in [-0.25, -0.2) is 4.98 Å². The normalized spacial score (nSPS) is 9.75. The van der Waals surface area contributed by atoms with Crippen LogP contribution in [0.1, 0.15) is 24.8 Å². The third-order valence-corrected chi connectivity index (χ3v) is 3.29. The summed E-state index contributed by atoms with van der Waals surface area (Å²) in [5.41, 5.74) is 1.61. The van der Waals surface area contributed by atoms with Crippen LogP contribution in [-0.4, -0.2) is 30.5 Å². The van der Waals surface area contributed by atoms with Crippen molar-refractivity contribution in [3.8, 4) is 11.5 Å². The second kappa shape index (κ2) is 11.9. The van der Waals surface area contributed by atoms with Gasteiger partial charge in [0.15, 0.2) is 0 Å². The van der Waals surface area contributed by atoms with Gasteiger partial charge >= 0.3 is 0 Å². The fourth-order valence-corrected chi connectivity index (χ4v) is 2.10. The Labute approximate surface area is 155 Å². The van der Waals surface area contributed by atoms with Crippen molar-refractivity contribution < 1.29 is 9.21 Å². The van der Waals surface area contributed by atoms with Gasteiger partial charge in [-0.15, -0.1) is 24.8 Å². The van der Waals surface area contributed by atoms with Gasteiger partial charge in [-0.2, -0.15) is 0 Å². The Hall–Kier alpha value is -1.56. The number of nitrogens with one attached hydrogen (secondary N) is 2. The van der Waals surface area contributed by atoms with E-state index in [-0.39, 0.29) is 37.1 Å². The molecule has 0 aliphatic rings. The zero-order valence-electron chi connectivity index (χ0n) is 14.0. The Kier molecular flexibility index (Phi) is 11.1. The number of carbonyl (C=O) groups is 1. The van der Waals surface area contributed by atoms with Gasteiger partial charge in [0, 0.05) is 18.7 Å². The molecule has 0 aliphatic carbocycles. The quantitative estimate of drug-likeness (QED) is 0.697. The highest BCUT2D eigenvalue weighted by Gasteiger charge is 2.14. The molecule has 1 aromatic heterocycles. The number of hydrogen-bond donors (Lipinski definition) is 2. The Morgan fingerprint density at radius 2 is 1.83 bits per heavy atom. The van der Waals surface area contributed by atoms with Crippen LogP contribution in [-0.2, 0) is 11.2 Å². The smallest absolute Gasteiger partial charge is 0.226 e. The molecule has 2 N–H and O–H groups in total. The number of hydrogen-bond acceptors (Lipinski definition) is 4. The Morgan fingerprint density at radius 3 is 2.50 bits per heavy atom. The average molecular weight is 374 g/mol. The summed E-state index contributed by atoms with van der Waals surface area (Å²) in [6, 6.07) is 9.69. The summed E-state index contributed by atoms with van der Waals surface area (Å²) in [4.78, 5) is 16.4. The van der Waals surface area contributed by atoms with Crippen molar-refractivity contribution in [2.45, 2.75) is 26.7 Å². The molecule has 0 spiro atoms. The first-order valence-electron chi connectivity index (χ1n) is 7.70. The number of rotatable bonds is 8.